The van der Waals surface area contributed by atoms with Crippen molar-refractivity contribution in [2.75, 3.05) is 12.3 Å². The number of amides is 1. The maximum atomic E-state index is 12.8. The first-order valence-corrected chi connectivity index (χ1v) is 8.40. The second-order valence-electron chi connectivity index (χ2n) is 6.35. The average Bonchev–Trinajstić information content (AvgIpc) is 2.97. The summed E-state index contributed by atoms with van der Waals surface area (Å²) >= 11 is 6.21. The molecule has 1 atom stereocenters. The van der Waals surface area contributed by atoms with Gasteiger partial charge in [0.25, 0.3) is 5.91 Å². The Balaban J connectivity index is 0.00000176. The lowest BCUT2D eigenvalue weighted by Crippen LogP contribution is -2.40. The molecule has 1 unspecified atom stereocenters. The highest BCUT2D eigenvalue weighted by molar-refractivity contribution is 6.34. The minimum absolute atomic E-state index is 0. The zero-order valence-electron chi connectivity index (χ0n) is 12.8. The second kappa shape index (κ2) is 7.56. The summed E-state index contributed by atoms with van der Waals surface area (Å²) in [5.74, 6) is 0.755. The van der Waals surface area contributed by atoms with Crippen LogP contribution in [0.4, 0.5) is 5.69 Å². The van der Waals surface area contributed by atoms with E-state index in [1.807, 2.05) is 0 Å². The molecule has 1 aromatic carbocycles. The van der Waals surface area contributed by atoms with Gasteiger partial charge in [-0.05, 0) is 49.8 Å². The summed E-state index contributed by atoms with van der Waals surface area (Å²) in [5.41, 5.74) is 6.91. The molecule has 0 radical (unpaired) electrons. The molecule has 5 heteroatoms. The highest BCUT2D eigenvalue weighted by atomic mass is 35.5. The van der Waals surface area contributed by atoms with Crippen LogP contribution in [0.25, 0.3) is 0 Å². The van der Waals surface area contributed by atoms with E-state index in [0.29, 0.717) is 28.2 Å². The standard InChI is InChI=1S/C17H23ClN2O.ClH/c18-15-11-13(19)8-9-14(15)17(21)20-10-4-7-16(20)12-5-2-1-3-6-12;/h8-9,11-12,16H,1-7,10,19H2;1H. The van der Waals surface area contributed by atoms with Crippen molar-refractivity contribution in [3.8, 4) is 0 Å². The zero-order valence-corrected chi connectivity index (χ0v) is 14.3. The fourth-order valence-corrected chi connectivity index (χ4v) is 4.18. The lowest BCUT2D eigenvalue weighted by Gasteiger charge is -2.34. The van der Waals surface area contributed by atoms with Gasteiger partial charge in [-0.3, -0.25) is 4.79 Å². The second-order valence-corrected chi connectivity index (χ2v) is 6.75. The van der Waals surface area contributed by atoms with Crippen LogP contribution in [-0.4, -0.2) is 23.4 Å². The molecule has 0 aromatic heterocycles. The van der Waals surface area contributed by atoms with Crippen LogP contribution in [0.5, 0.6) is 0 Å². The summed E-state index contributed by atoms with van der Waals surface area (Å²) in [4.78, 5) is 14.9. The number of nitrogens with zero attached hydrogens (tertiary/aromatic N) is 1. The van der Waals surface area contributed by atoms with Gasteiger partial charge in [-0.15, -0.1) is 12.4 Å². The minimum atomic E-state index is 0. The molecule has 1 aliphatic carbocycles. The summed E-state index contributed by atoms with van der Waals surface area (Å²) in [6.07, 6.45) is 8.76. The molecule has 22 heavy (non-hydrogen) atoms. The third kappa shape index (κ3) is 3.52. The van der Waals surface area contributed by atoms with Crippen LogP contribution in [0.1, 0.15) is 55.3 Å². The van der Waals surface area contributed by atoms with Gasteiger partial charge in [-0.25, -0.2) is 0 Å². The van der Waals surface area contributed by atoms with Crippen LogP contribution in [0.2, 0.25) is 5.02 Å². The van der Waals surface area contributed by atoms with Gasteiger partial charge in [0.15, 0.2) is 0 Å². The topological polar surface area (TPSA) is 46.3 Å². The predicted octanol–water partition coefficient (Wildman–Crippen LogP) is 4.53. The SMILES string of the molecule is Cl.Nc1ccc(C(=O)N2CCCC2C2CCCCC2)c(Cl)c1. The quantitative estimate of drug-likeness (QED) is 0.802. The molecule has 1 saturated heterocycles. The van der Waals surface area contributed by atoms with Gasteiger partial charge in [0, 0.05) is 18.3 Å². The fourth-order valence-electron chi connectivity index (χ4n) is 3.91. The average molecular weight is 343 g/mol. The Labute approximate surface area is 143 Å². The first kappa shape index (κ1) is 17.4. The lowest BCUT2D eigenvalue weighted by atomic mass is 9.83. The van der Waals surface area contributed by atoms with Gasteiger partial charge in [-0.1, -0.05) is 30.9 Å². The molecule has 3 rings (SSSR count). The third-order valence-corrected chi connectivity index (χ3v) is 5.29. The Bertz CT molecular complexity index is 529. The Morgan fingerprint density at radius 1 is 1.14 bits per heavy atom. The van der Waals surface area contributed by atoms with Crippen molar-refractivity contribution in [1.82, 2.24) is 4.90 Å². The molecule has 3 nitrogen and oxygen atoms in total. The Morgan fingerprint density at radius 3 is 2.55 bits per heavy atom. The molecule has 0 spiro atoms. The van der Waals surface area contributed by atoms with Gasteiger partial charge >= 0.3 is 0 Å². The first-order valence-electron chi connectivity index (χ1n) is 8.03. The maximum absolute atomic E-state index is 12.8. The molecule has 1 heterocycles. The summed E-state index contributed by atoms with van der Waals surface area (Å²) in [7, 11) is 0. The van der Waals surface area contributed by atoms with Crippen LogP contribution in [0.3, 0.4) is 0 Å². The Morgan fingerprint density at radius 2 is 1.86 bits per heavy atom. The van der Waals surface area contributed by atoms with E-state index in [0.717, 1.165) is 19.4 Å². The van der Waals surface area contributed by atoms with Gasteiger partial charge in [0.1, 0.15) is 0 Å². The van der Waals surface area contributed by atoms with Crippen molar-refractivity contribution in [2.45, 2.75) is 51.0 Å². The van der Waals surface area contributed by atoms with E-state index in [9.17, 15) is 4.79 Å². The van der Waals surface area contributed by atoms with Crippen LogP contribution in [0, 0.1) is 5.92 Å². The molecule has 2 N–H and O–H groups in total. The van der Waals surface area contributed by atoms with Crippen molar-refractivity contribution in [2.24, 2.45) is 5.92 Å². The number of carbonyl (C=O) groups is 1. The largest absolute Gasteiger partial charge is 0.399 e. The maximum Gasteiger partial charge on any atom is 0.255 e. The van der Waals surface area contributed by atoms with E-state index < -0.39 is 0 Å². The summed E-state index contributed by atoms with van der Waals surface area (Å²) in [6.45, 7) is 0.862. The predicted molar refractivity (Wildman–Crippen MR) is 93.7 cm³/mol. The Kier molecular flexibility index (Phi) is 5.99. The minimum Gasteiger partial charge on any atom is -0.399 e. The molecule has 122 valence electrons. The van der Waals surface area contributed by atoms with Crippen LogP contribution >= 0.6 is 24.0 Å². The number of hydrogen-bond acceptors (Lipinski definition) is 2. The number of halogens is 2. The van der Waals surface area contributed by atoms with Crippen LogP contribution in [0.15, 0.2) is 18.2 Å². The van der Waals surface area contributed by atoms with E-state index in [1.165, 1.54) is 32.1 Å². The molecule has 1 aromatic rings. The number of benzene rings is 1. The Hall–Kier alpha value is -0.930. The highest BCUT2D eigenvalue weighted by Gasteiger charge is 2.35. The molecular weight excluding hydrogens is 319 g/mol. The molecule has 1 saturated carbocycles. The summed E-state index contributed by atoms with van der Waals surface area (Å²) in [6, 6.07) is 5.59. The number of nitrogen functional groups attached to an aromatic ring is 1. The number of hydrogen-bond donors (Lipinski definition) is 1. The summed E-state index contributed by atoms with van der Waals surface area (Å²) < 4.78 is 0. The van der Waals surface area contributed by atoms with Crippen molar-refractivity contribution in [3.05, 3.63) is 28.8 Å². The smallest absolute Gasteiger partial charge is 0.255 e. The molecule has 1 aliphatic heterocycles. The summed E-state index contributed by atoms with van der Waals surface area (Å²) in [5, 5.41) is 0.467. The highest BCUT2D eigenvalue weighted by Crippen LogP contribution is 2.35. The molecular formula is C17H24Cl2N2O. The lowest BCUT2D eigenvalue weighted by molar-refractivity contribution is 0.0661. The van der Waals surface area contributed by atoms with E-state index in [2.05, 4.69) is 4.90 Å². The molecule has 1 amide bonds. The third-order valence-electron chi connectivity index (χ3n) is 4.98. The molecule has 0 bridgehead atoms. The van der Waals surface area contributed by atoms with Gasteiger partial charge in [-0.2, -0.15) is 0 Å². The van der Waals surface area contributed by atoms with E-state index in [-0.39, 0.29) is 18.3 Å². The fraction of sp³-hybridized carbons (Fsp3) is 0.588. The van der Waals surface area contributed by atoms with Crippen molar-refractivity contribution < 1.29 is 4.79 Å². The normalized spacial score (nSPS) is 22.4. The van der Waals surface area contributed by atoms with Crippen molar-refractivity contribution in [1.29, 1.82) is 0 Å². The number of nitrogens with two attached hydrogens (primary N) is 1. The van der Waals surface area contributed by atoms with Crippen molar-refractivity contribution >= 4 is 35.6 Å². The molecule has 2 fully saturated rings. The monoisotopic (exact) mass is 342 g/mol. The van der Waals surface area contributed by atoms with E-state index >= 15 is 0 Å². The van der Waals surface area contributed by atoms with Crippen LogP contribution in [-0.2, 0) is 0 Å². The number of anilines is 1. The van der Waals surface area contributed by atoms with Crippen LogP contribution < -0.4 is 5.73 Å². The van der Waals surface area contributed by atoms with Gasteiger partial charge in [0.2, 0.25) is 0 Å². The van der Waals surface area contributed by atoms with Gasteiger partial charge < -0.3 is 10.6 Å². The van der Waals surface area contributed by atoms with E-state index in [1.54, 1.807) is 18.2 Å². The number of rotatable bonds is 2. The van der Waals surface area contributed by atoms with E-state index in [4.69, 9.17) is 17.3 Å². The van der Waals surface area contributed by atoms with Gasteiger partial charge in [0.05, 0.1) is 10.6 Å². The number of carbonyl (C=O) groups excluding carboxylic acids is 1. The zero-order chi connectivity index (χ0) is 14.8. The van der Waals surface area contributed by atoms with Crippen molar-refractivity contribution in [3.63, 3.8) is 0 Å². The molecule has 2 aliphatic rings. The first-order chi connectivity index (χ1) is 10.2. The number of likely N-dealkylation sites (tertiary alicyclic amines) is 1.